The number of methoxy groups -OCH3 is 4. The van der Waals surface area contributed by atoms with Crippen molar-refractivity contribution in [1.29, 1.82) is 0 Å². The maximum Gasteiger partial charge on any atom is 0.309 e. The van der Waals surface area contributed by atoms with Gasteiger partial charge in [0.15, 0.2) is 34.5 Å². The second-order valence-electron chi connectivity index (χ2n) is 30.8. The van der Waals surface area contributed by atoms with Gasteiger partial charge in [0.05, 0.1) is 99.8 Å². The molecule has 17 rings (SSSR count). The predicted molar refractivity (Wildman–Crippen MR) is 482 cm³/mol. The number of benzene rings is 8. The summed E-state index contributed by atoms with van der Waals surface area (Å²) in [6.07, 6.45) is 1.25. The number of fused-ring (bicyclic) bond motifs is 3. The molecule has 0 spiro atoms. The van der Waals surface area contributed by atoms with Crippen molar-refractivity contribution < 1.29 is 66.1 Å². The molecule has 0 radical (unpaired) electrons. The Morgan fingerprint density at radius 1 is 0.452 bits per heavy atom. The molecule has 6 aliphatic rings. The lowest BCUT2D eigenvalue weighted by Crippen LogP contribution is -2.45. The average Bonchev–Trinajstić information content (AvgIpc) is 1.73. The number of anilines is 2. The maximum atomic E-state index is 14.3. The van der Waals surface area contributed by atoms with Crippen LogP contribution < -0.4 is 57.2 Å². The molecule has 3 saturated heterocycles. The van der Waals surface area contributed by atoms with Crippen LogP contribution in [0.15, 0.2) is 193 Å². The molecular weight excluding hydrogens is 1650 g/mol. The normalized spacial score (nSPS) is 14.6. The number of aromatic nitrogens is 3. The number of nitrogens with zero attached hydrogens (tertiary/aromatic N) is 11. The Labute approximate surface area is 740 Å². The summed E-state index contributed by atoms with van der Waals surface area (Å²) in [6.45, 7) is 27.4. The highest BCUT2D eigenvalue weighted by molar-refractivity contribution is 7.10. The molecule has 3 aromatic heterocycles. The summed E-state index contributed by atoms with van der Waals surface area (Å²) < 4.78 is 75.0. The van der Waals surface area contributed by atoms with Crippen LogP contribution in [0.2, 0.25) is 5.02 Å². The third kappa shape index (κ3) is 22.3. The van der Waals surface area contributed by atoms with Crippen molar-refractivity contribution in [2.75, 3.05) is 131 Å². The van der Waals surface area contributed by atoms with Crippen molar-refractivity contribution in [2.24, 2.45) is 5.92 Å². The number of piperazine rings is 2. The Hall–Kier alpha value is -11.6. The number of ether oxygens (including phenoxy) is 11. The Balaban J connectivity index is 0.000000144. The first kappa shape index (κ1) is 87.3. The molecule has 3 fully saturated rings. The third-order valence-corrected chi connectivity index (χ3v) is 25.3. The minimum Gasteiger partial charge on any atom is -0.497 e. The van der Waals surface area contributed by atoms with E-state index in [4.69, 9.17) is 78.7 Å². The molecule has 0 unspecified atom stereocenters. The van der Waals surface area contributed by atoms with E-state index in [2.05, 4.69) is 126 Å². The molecule has 6 aliphatic heterocycles. The molecule has 9 heterocycles. The fourth-order valence-electron chi connectivity index (χ4n) is 15.8. The average molecular weight is 1760 g/mol. The molecule has 0 bridgehead atoms. The number of amides is 1. The van der Waals surface area contributed by atoms with E-state index >= 15 is 0 Å². The standard InChI is InChI=1S/C33H35ClN4O4S.C33H35FN4O4S.C29H33N3O5S/c2*1-23(37-12-14-38(15-13-37)29-7-5-4-6-27(29)34)28-21-43-33(35-28)20-36(18-24-8-11-30-32(16-24)42-22-41-30)19-25-9-10-26(39-2)17-31(25)40-3;1-3-35-29(34)23-10-12-32(13-11-23)28(33)24-18-38-27(30-24)17-31(15-21-6-4-20(2)5-7-21)16-22-8-9-25-26(14-22)37-19-36-25/h2*4-11,16-17,21H,1,12-15,18-20,22H2,2-3H3;4-9,14,18,23H,3,10-13,15-17,19H2,1-2H3. The van der Waals surface area contributed by atoms with Crippen LogP contribution in [-0.4, -0.2) is 177 Å². The number of thiazole rings is 3. The fraction of sp³-hybridized carbons (Fsp3) is 0.337. The van der Waals surface area contributed by atoms with Gasteiger partial charge in [0.2, 0.25) is 20.4 Å². The number of aryl methyl sites for hydroxylation is 1. The molecule has 648 valence electrons. The number of likely N-dealkylation sites (tertiary alicyclic amines) is 1. The van der Waals surface area contributed by atoms with Gasteiger partial charge in [-0.25, -0.2) is 19.3 Å². The second kappa shape index (κ2) is 41.7. The molecule has 29 heteroatoms. The van der Waals surface area contributed by atoms with Gasteiger partial charge in [-0.05, 0) is 122 Å². The second-order valence-corrected chi connectivity index (χ2v) is 34.0. The Morgan fingerprint density at radius 2 is 0.855 bits per heavy atom. The number of piperidine rings is 1. The van der Waals surface area contributed by atoms with Crippen molar-refractivity contribution in [3.63, 3.8) is 0 Å². The zero-order valence-corrected chi connectivity index (χ0v) is 73.9. The van der Waals surface area contributed by atoms with Gasteiger partial charge in [-0.2, -0.15) is 0 Å². The highest BCUT2D eigenvalue weighted by Crippen LogP contribution is 2.39. The number of halogens is 2. The minimum absolute atomic E-state index is 0.0735. The topological polar surface area (TPSA) is 200 Å². The van der Waals surface area contributed by atoms with Gasteiger partial charge in [-0.15, -0.1) is 34.0 Å². The highest BCUT2D eigenvalue weighted by atomic mass is 35.5. The van der Waals surface area contributed by atoms with Crippen LogP contribution in [0.4, 0.5) is 15.8 Å². The van der Waals surface area contributed by atoms with E-state index < -0.39 is 0 Å². The summed E-state index contributed by atoms with van der Waals surface area (Å²) in [7, 11) is 6.67. The van der Waals surface area contributed by atoms with Crippen molar-refractivity contribution in [1.82, 2.24) is 44.4 Å². The number of hydrogen-bond acceptors (Lipinski definition) is 26. The minimum atomic E-state index is -0.184. The summed E-state index contributed by atoms with van der Waals surface area (Å²) in [5, 5.41) is 9.74. The summed E-state index contributed by atoms with van der Waals surface area (Å²) >= 11 is 11.2. The monoisotopic (exact) mass is 1760 g/mol. The van der Waals surface area contributed by atoms with E-state index in [1.165, 1.54) is 28.5 Å². The maximum absolute atomic E-state index is 14.3. The van der Waals surface area contributed by atoms with Crippen molar-refractivity contribution in [3.8, 4) is 57.5 Å². The SMILES string of the molecule is C=C(c1csc(CN(Cc2ccc3c(c2)OCO3)Cc2ccc(OC)cc2OC)n1)N1CCN(c2ccccc2Cl)CC1.C=C(c1csc(CN(Cc2ccc3c(c2)OCO3)Cc2ccc(OC)cc2OC)n1)N1CCN(c2ccccc2F)CC1.CCOC(=O)C1CCN(C(=O)c2csc(CN(Cc3ccc(C)cc3)Cc3ccc4c(c3)OCO4)n2)CC1. The molecule has 8 aromatic carbocycles. The first-order valence-corrected chi connectivity index (χ1v) is 44.5. The molecule has 0 N–H and O–H groups in total. The van der Waals surface area contributed by atoms with Gasteiger partial charge >= 0.3 is 5.97 Å². The van der Waals surface area contributed by atoms with E-state index in [1.54, 1.807) is 62.1 Å². The lowest BCUT2D eigenvalue weighted by molar-refractivity contribution is -0.149. The van der Waals surface area contributed by atoms with Crippen LogP contribution in [0.3, 0.4) is 0 Å². The van der Waals surface area contributed by atoms with Gasteiger partial charge in [-0.3, -0.25) is 24.3 Å². The van der Waals surface area contributed by atoms with E-state index in [9.17, 15) is 14.0 Å². The molecule has 24 nitrogen and oxygen atoms in total. The zero-order chi connectivity index (χ0) is 86.0. The first-order valence-electron chi connectivity index (χ1n) is 41.5. The van der Waals surface area contributed by atoms with Crippen molar-refractivity contribution >= 4 is 80.3 Å². The lowest BCUT2D eigenvalue weighted by atomic mass is 9.97. The van der Waals surface area contributed by atoms with Crippen LogP contribution in [0, 0.1) is 18.7 Å². The predicted octanol–water partition coefficient (Wildman–Crippen LogP) is 17.4. The van der Waals surface area contributed by atoms with Crippen molar-refractivity contribution in [2.45, 2.75) is 85.6 Å². The number of rotatable bonds is 31. The van der Waals surface area contributed by atoms with Gasteiger partial charge in [-0.1, -0.05) is 109 Å². The number of carbonyl (C=O) groups excluding carboxylic acids is 2. The Morgan fingerprint density at radius 3 is 1.30 bits per heavy atom. The lowest BCUT2D eigenvalue weighted by Gasteiger charge is -2.38. The van der Waals surface area contributed by atoms with Crippen LogP contribution in [0.25, 0.3) is 11.4 Å². The molecular formula is C95H103ClFN11O13S3. The number of para-hydroxylation sites is 2. The first-order chi connectivity index (χ1) is 60.5. The summed E-state index contributed by atoms with van der Waals surface area (Å²) in [6, 6.07) is 53.6. The zero-order valence-electron chi connectivity index (χ0n) is 70.7. The molecule has 0 saturated carbocycles. The van der Waals surface area contributed by atoms with Crippen LogP contribution in [-0.2, 0) is 68.4 Å². The van der Waals surface area contributed by atoms with Gasteiger partial charge in [0.25, 0.3) is 5.91 Å². The Bertz CT molecular complexity index is 5260. The Kier molecular flexibility index (Phi) is 29.4. The largest absolute Gasteiger partial charge is 0.497 e. The molecule has 0 aliphatic carbocycles. The molecule has 0 atom stereocenters. The highest BCUT2D eigenvalue weighted by Gasteiger charge is 2.32. The van der Waals surface area contributed by atoms with Gasteiger partial charge in [0, 0.05) is 144 Å². The van der Waals surface area contributed by atoms with E-state index in [0.29, 0.717) is 96.3 Å². The quantitative estimate of drug-likeness (QED) is 0.0371. The van der Waals surface area contributed by atoms with Crippen LogP contribution in [0.5, 0.6) is 57.5 Å². The number of carbonyl (C=O) groups is 2. The number of hydrogen-bond donors (Lipinski definition) is 0. The molecule has 1 amide bonds. The summed E-state index contributed by atoms with van der Waals surface area (Å²) in [4.78, 5) is 57.7. The van der Waals surface area contributed by atoms with E-state index in [0.717, 1.165) is 193 Å². The summed E-state index contributed by atoms with van der Waals surface area (Å²) in [5.74, 6) is 7.17. The third-order valence-electron chi connectivity index (χ3n) is 22.5. The van der Waals surface area contributed by atoms with Gasteiger partial charge < -0.3 is 76.6 Å². The summed E-state index contributed by atoms with van der Waals surface area (Å²) in [5.41, 5.74) is 13.8. The van der Waals surface area contributed by atoms with E-state index in [1.807, 2.05) is 103 Å². The van der Waals surface area contributed by atoms with Crippen LogP contribution in [0.1, 0.15) is 95.6 Å². The molecule has 124 heavy (non-hydrogen) atoms. The van der Waals surface area contributed by atoms with Crippen LogP contribution >= 0.6 is 45.6 Å². The van der Waals surface area contributed by atoms with E-state index in [-0.39, 0.29) is 44.0 Å². The van der Waals surface area contributed by atoms with Gasteiger partial charge in [0.1, 0.15) is 49.5 Å². The smallest absolute Gasteiger partial charge is 0.309 e. The number of esters is 1. The van der Waals surface area contributed by atoms with Crippen molar-refractivity contribution in [3.05, 3.63) is 275 Å². The molecule has 11 aromatic rings. The fourth-order valence-corrected chi connectivity index (χ4v) is 18.6.